The normalized spacial score (nSPS) is 16.5. The topological polar surface area (TPSA) is 123 Å². The smallest absolute Gasteiger partial charge is 0.350 e. The molecule has 0 aliphatic carbocycles. The number of aliphatic hydroxyl groups is 1. The van der Waals surface area contributed by atoms with Gasteiger partial charge in [-0.3, -0.25) is 18.9 Å². The Balaban J connectivity index is 1.71. The first-order valence-corrected chi connectivity index (χ1v) is 14.2. The van der Waals surface area contributed by atoms with Gasteiger partial charge >= 0.3 is 11.9 Å². The van der Waals surface area contributed by atoms with Crippen molar-refractivity contribution in [3.63, 3.8) is 0 Å². The Bertz CT molecular complexity index is 1690. The number of ketones is 1. The molecule has 1 atom stereocenters. The number of carbonyl (C=O) groups is 3. The average Bonchev–Trinajstić information content (AvgIpc) is 3.59. The van der Waals surface area contributed by atoms with Crippen molar-refractivity contribution in [2.24, 2.45) is 0 Å². The Morgan fingerprint density at radius 2 is 1.88 bits per heavy atom. The first kappa shape index (κ1) is 28.0. The summed E-state index contributed by atoms with van der Waals surface area (Å²) in [5.41, 5.74) is 2.18. The maximum Gasteiger partial charge on any atom is 0.350 e. The molecule has 41 heavy (non-hydrogen) atoms. The summed E-state index contributed by atoms with van der Waals surface area (Å²) in [5, 5.41) is 11.9. The Morgan fingerprint density at radius 1 is 1.07 bits per heavy atom. The number of imidazole rings is 1. The van der Waals surface area contributed by atoms with Gasteiger partial charge in [-0.2, -0.15) is 0 Å². The van der Waals surface area contributed by atoms with E-state index >= 15 is 0 Å². The third kappa shape index (κ3) is 5.08. The number of aromatic nitrogens is 3. The van der Waals surface area contributed by atoms with E-state index in [4.69, 9.17) is 9.47 Å². The van der Waals surface area contributed by atoms with Crippen molar-refractivity contribution in [3.8, 4) is 5.75 Å². The number of unbranched alkanes of at least 4 members (excludes halogenated alkanes) is 1. The highest BCUT2D eigenvalue weighted by molar-refractivity contribution is 7.17. The van der Waals surface area contributed by atoms with Crippen molar-refractivity contribution in [3.05, 3.63) is 81.8 Å². The van der Waals surface area contributed by atoms with Gasteiger partial charge in [-0.25, -0.2) is 14.8 Å². The van der Waals surface area contributed by atoms with Crippen LogP contribution in [0.15, 0.2) is 54.2 Å². The van der Waals surface area contributed by atoms with Crippen LogP contribution in [0.3, 0.4) is 0 Å². The number of thiazole rings is 1. The fourth-order valence-corrected chi connectivity index (χ4v) is 5.84. The molecular weight excluding hydrogens is 544 g/mol. The number of benzene rings is 1. The molecule has 1 aliphatic heterocycles. The number of pyridine rings is 1. The summed E-state index contributed by atoms with van der Waals surface area (Å²) in [6.07, 6.45) is 3.56. The van der Waals surface area contributed by atoms with Crippen LogP contribution in [-0.2, 0) is 14.3 Å². The zero-order chi connectivity index (χ0) is 29.3. The Hall–Kier alpha value is -4.51. The van der Waals surface area contributed by atoms with Crippen molar-refractivity contribution < 1.29 is 29.0 Å². The molecule has 0 bridgehead atoms. The molecule has 212 valence electrons. The number of fused-ring (bicyclic) bond motifs is 1. The van der Waals surface area contributed by atoms with E-state index in [1.165, 1.54) is 4.90 Å². The highest BCUT2D eigenvalue weighted by Crippen LogP contribution is 2.44. The highest BCUT2D eigenvalue weighted by Gasteiger charge is 2.49. The molecule has 1 saturated heterocycles. The Morgan fingerprint density at radius 3 is 2.63 bits per heavy atom. The van der Waals surface area contributed by atoms with Gasteiger partial charge in [0.15, 0.2) is 10.9 Å². The van der Waals surface area contributed by atoms with Crippen molar-refractivity contribution >= 4 is 45.5 Å². The summed E-state index contributed by atoms with van der Waals surface area (Å²) in [7, 11) is 0. The number of ether oxygens (including phenoxy) is 2. The van der Waals surface area contributed by atoms with E-state index in [0.717, 1.165) is 24.2 Å². The minimum atomic E-state index is -1.04. The van der Waals surface area contributed by atoms with Crippen molar-refractivity contribution in [2.45, 2.75) is 46.6 Å². The van der Waals surface area contributed by atoms with Crippen LogP contribution in [0.25, 0.3) is 11.4 Å². The van der Waals surface area contributed by atoms with Crippen LogP contribution in [0.2, 0.25) is 0 Å². The fraction of sp³-hybridized carbons (Fsp3) is 0.300. The molecule has 1 aliphatic rings. The largest absolute Gasteiger partial charge is 0.505 e. The average molecular weight is 575 g/mol. The molecule has 11 heteroatoms. The first-order chi connectivity index (χ1) is 19.8. The number of rotatable bonds is 9. The number of carbonyl (C=O) groups excluding carboxylic acids is 3. The lowest BCUT2D eigenvalue weighted by Crippen LogP contribution is -2.29. The van der Waals surface area contributed by atoms with Crippen molar-refractivity contribution in [1.29, 1.82) is 0 Å². The van der Waals surface area contributed by atoms with Gasteiger partial charge in [0.1, 0.15) is 22.0 Å². The van der Waals surface area contributed by atoms with Crippen LogP contribution < -0.4 is 9.64 Å². The summed E-state index contributed by atoms with van der Waals surface area (Å²) in [6.45, 7) is 7.82. The maximum atomic E-state index is 13.7. The highest BCUT2D eigenvalue weighted by atomic mass is 32.1. The van der Waals surface area contributed by atoms with Gasteiger partial charge < -0.3 is 14.6 Å². The summed E-state index contributed by atoms with van der Waals surface area (Å²) < 4.78 is 12.7. The molecule has 4 aromatic rings. The molecule has 1 amide bonds. The summed E-state index contributed by atoms with van der Waals surface area (Å²) >= 11 is 0.961. The van der Waals surface area contributed by atoms with Crippen molar-refractivity contribution in [2.75, 3.05) is 18.1 Å². The number of anilines is 1. The number of nitrogens with zero attached hydrogens (tertiary/aromatic N) is 4. The van der Waals surface area contributed by atoms with E-state index in [1.807, 2.05) is 6.07 Å². The van der Waals surface area contributed by atoms with Gasteiger partial charge in [0.05, 0.1) is 36.2 Å². The molecular formula is C30H30N4O6S. The molecule has 3 aromatic heterocycles. The standard InChI is InChI=1S/C30H30N4O6S/c1-5-7-15-40-20-12-10-11-19(16-20)24-22(25(35)23-17(3)31-21-13-8-9-14-33(21)23)26(36)28(37)34(24)30-32-18(4)27(41-30)29(38)39-6-2/h8-14,16,24,35H,5-7,15H2,1-4H3. The summed E-state index contributed by atoms with van der Waals surface area (Å²) in [4.78, 5) is 50.4. The minimum absolute atomic E-state index is 0.111. The zero-order valence-electron chi connectivity index (χ0n) is 23.2. The van der Waals surface area contributed by atoms with E-state index in [-0.39, 0.29) is 27.9 Å². The molecule has 10 nitrogen and oxygen atoms in total. The fourth-order valence-electron chi connectivity index (χ4n) is 4.85. The molecule has 1 fully saturated rings. The molecule has 1 aromatic carbocycles. The number of esters is 1. The van der Waals surface area contributed by atoms with Gasteiger partial charge in [-0.15, -0.1) is 0 Å². The lowest BCUT2D eigenvalue weighted by molar-refractivity contribution is -0.132. The third-order valence-electron chi connectivity index (χ3n) is 6.77. The van der Waals surface area contributed by atoms with Gasteiger partial charge in [0, 0.05) is 6.20 Å². The van der Waals surface area contributed by atoms with Gasteiger partial charge in [0.2, 0.25) is 0 Å². The second kappa shape index (κ2) is 11.5. The van der Waals surface area contributed by atoms with Crippen LogP contribution in [0.5, 0.6) is 5.75 Å². The van der Waals surface area contributed by atoms with E-state index in [1.54, 1.807) is 67.8 Å². The van der Waals surface area contributed by atoms with Crippen LogP contribution in [0.4, 0.5) is 5.13 Å². The maximum absolute atomic E-state index is 13.7. The number of amides is 1. The van der Waals surface area contributed by atoms with Crippen LogP contribution in [0.1, 0.15) is 65.0 Å². The number of hydrogen-bond acceptors (Lipinski definition) is 9. The number of hydrogen-bond donors (Lipinski definition) is 1. The molecule has 1 N–H and O–H groups in total. The predicted molar refractivity (Wildman–Crippen MR) is 154 cm³/mol. The molecule has 4 heterocycles. The second-order valence-electron chi connectivity index (χ2n) is 9.55. The number of Topliss-reactive ketones (excluding diaryl/α,β-unsaturated/α-hetero) is 1. The Labute approximate surface area is 240 Å². The number of aliphatic hydroxyl groups excluding tert-OH is 1. The molecule has 1 unspecified atom stereocenters. The second-order valence-corrected chi connectivity index (χ2v) is 10.5. The van der Waals surface area contributed by atoms with Gasteiger partial charge in [0.25, 0.3) is 5.78 Å². The Kier molecular flexibility index (Phi) is 7.89. The quantitative estimate of drug-likeness (QED) is 0.0928. The van der Waals surface area contributed by atoms with Crippen LogP contribution in [0, 0.1) is 13.8 Å². The molecule has 0 saturated carbocycles. The van der Waals surface area contributed by atoms with Gasteiger partial charge in [-0.05, 0) is 57.0 Å². The lowest BCUT2D eigenvalue weighted by atomic mass is 9.96. The van der Waals surface area contributed by atoms with E-state index in [2.05, 4.69) is 16.9 Å². The minimum Gasteiger partial charge on any atom is -0.505 e. The van der Waals surface area contributed by atoms with E-state index in [0.29, 0.717) is 40.6 Å². The van der Waals surface area contributed by atoms with E-state index in [9.17, 15) is 19.5 Å². The third-order valence-corrected chi connectivity index (χ3v) is 7.90. The lowest BCUT2D eigenvalue weighted by Gasteiger charge is -2.23. The summed E-state index contributed by atoms with van der Waals surface area (Å²) in [5.74, 6) is -2.10. The molecule has 0 radical (unpaired) electrons. The molecule has 0 spiro atoms. The van der Waals surface area contributed by atoms with Crippen LogP contribution in [-0.4, -0.2) is 50.3 Å². The van der Waals surface area contributed by atoms with Gasteiger partial charge in [-0.1, -0.05) is 42.9 Å². The number of aryl methyl sites for hydroxylation is 2. The SMILES string of the molecule is CCCCOc1cccc(C2C(=C(O)c3c(C)nc4ccccn34)C(=O)C(=O)N2c2nc(C)c(C(=O)OCC)s2)c1. The zero-order valence-corrected chi connectivity index (χ0v) is 24.0. The first-order valence-electron chi connectivity index (χ1n) is 13.4. The van der Waals surface area contributed by atoms with Crippen LogP contribution >= 0.6 is 11.3 Å². The van der Waals surface area contributed by atoms with E-state index < -0.39 is 23.7 Å². The van der Waals surface area contributed by atoms with Crippen molar-refractivity contribution in [1.82, 2.24) is 14.4 Å². The summed E-state index contributed by atoms with van der Waals surface area (Å²) in [6, 6.07) is 11.4. The molecule has 5 rings (SSSR count). The monoisotopic (exact) mass is 574 g/mol. The predicted octanol–water partition coefficient (Wildman–Crippen LogP) is 5.39.